The molecular weight excluding hydrogens is 461 g/mol. The number of halogens is 3. The van der Waals surface area contributed by atoms with Crippen LogP contribution < -0.4 is 9.64 Å². The van der Waals surface area contributed by atoms with Crippen LogP contribution >= 0.6 is 23.1 Å². The molecule has 0 spiro atoms. The number of thioether (sulfide) groups is 1. The molecule has 6 nitrogen and oxygen atoms in total. The largest absolute Gasteiger partial charge is 0.495 e. The number of hydrogen-bond acceptors (Lipinski definition) is 7. The standard InChI is InChI=1S/C21H17F3N4O2S2/c1-12-8-16(21(22,23)24)15(9-25)19(26-12)31-10-14-11-32-20(27-14)28(13(2)29)17-6-4-5-7-18(17)30-3/h4-8,11H,10H2,1-3H3. The number of nitrogens with zero attached hydrogens (tertiary/aromatic N) is 4. The van der Waals surface area contributed by atoms with Gasteiger partial charge in [-0.15, -0.1) is 11.3 Å². The number of rotatable bonds is 6. The van der Waals surface area contributed by atoms with Gasteiger partial charge in [0.15, 0.2) is 5.13 Å². The van der Waals surface area contributed by atoms with Crippen molar-refractivity contribution >= 4 is 39.8 Å². The molecule has 2 aromatic heterocycles. The first-order valence-corrected chi connectivity index (χ1v) is 11.0. The van der Waals surface area contributed by atoms with Gasteiger partial charge in [-0.1, -0.05) is 23.9 Å². The smallest absolute Gasteiger partial charge is 0.417 e. The number of nitriles is 1. The summed E-state index contributed by atoms with van der Waals surface area (Å²) in [5.41, 5.74) is -0.289. The van der Waals surface area contributed by atoms with E-state index in [1.165, 1.54) is 37.2 Å². The highest BCUT2D eigenvalue weighted by Gasteiger charge is 2.35. The topological polar surface area (TPSA) is 79.1 Å². The minimum absolute atomic E-state index is 0.0115. The summed E-state index contributed by atoms with van der Waals surface area (Å²) >= 11 is 2.20. The lowest BCUT2D eigenvalue weighted by Gasteiger charge is -2.20. The summed E-state index contributed by atoms with van der Waals surface area (Å²) in [7, 11) is 1.50. The molecule has 0 aliphatic heterocycles. The van der Waals surface area contributed by atoms with E-state index in [-0.39, 0.29) is 22.4 Å². The predicted molar refractivity (Wildman–Crippen MR) is 116 cm³/mol. The van der Waals surface area contributed by atoms with E-state index in [1.807, 2.05) is 0 Å². The Bertz CT molecular complexity index is 1190. The Kier molecular flexibility index (Phi) is 7.06. The van der Waals surface area contributed by atoms with Crippen LogP contribution in [0, 0.1) is 18.3 Å². The lowest BCUT2D eigenvalue weighted by molar-refractivity contribution is -0.138. The number of amides is 1. The molecule has 0 saturated heterocycles. The van der Waals surface area contributed by atoms with Gasteiger partial charge in [0.1, 0.15) is 16.8 Å². The molecule has 0 fully saturated rings. The third-order valence-corrected chi connectivity index (χ3v) is 6.14. The van der Waals surface area contributed by atoms with Crippen molar-refractivity contribution in [3.05, 3.63) is 58.2 Å². The molecule has 3 aromatic rings. The number of carbonyl (C=O) groups excluding carboxylic acids is 1. The fourth-order valence-electron chi connectivity index (χ4n) is 2.91. The number of aromatic nitrogens is 2. The molecule has 3 rings (SSSR count). The Labute approximate surface area is 190 Å². The number of anilines is 2. The molecule has 0 aliphatic rings. The van der Waals surface area contributed by atoms with Crippen molar-refractivity contribution in [1.82, 2.24) is 9.97 Å². The number of para-hydroxylation sites is 2. The molecule has 0 bridgehead atoms. The molecule has 0 atom stereocenters. The average molecular weight is 479 g/mol. The van der Waals surface area contributed by atoms with Crippen LogP contribution in [0.25, 0.3) is 0 Å². The second kappa shape index (κ2) is 9.58. The van der Waals surface area contributed by atoms with E-state index in [4.69, 9.17) is 4.74 Å². The summed E-state index contributed by atoms with van der Waals surface area (Å²) in [4.78, 5) is 22.3. The van der Waals surface area contributed by atoms with E-state index in [2.05, 4.69) is 9.97 Å². The number of alkyl halides is 3. The van der Waals surface area contributed by atoms with Crippen LogP contribution in [-0.4, -0.2) is 23.0 Å². The van der Waals surface area contributed by atoms with Crippen LogP contribution in [0.5, 0.6) is 5.75 Å². The summed E-state index contributed by atoms with van der Waals surface area (Å²) in [6, 6.07) is 9.48. The maximum absolute atomic E-state index is 13.3. The highest BCUT2D eigenvalue weighted by molar-refractivity contribution is 7.98. The summed E-state index contributed by atoms with van der Waals surface area (Å²) in [6.07, 6.45) is -4.65. The van der Waals surface area contributed by atoms with E-state index in [9.17, 15) is 23.2 Å². The molecule has 0 saturated carbocycles. The highest BCUT2D eigenvalue weighted by atomic mass is 32.2. The third kappa shape index (κ3) is 5.03. The first-order chi connectivity index (χ1) is 15.2. The second-order valence-electron chi connectivity index (χ2n) is 6.54. The van der Waals surface area contributed by atoms with Crippen molar-refractivity contribution in [2.24, 2.45) is 0 Å². The number of pyridine rings is 1. The van der Waals surface area contributed by atoms with Crippen LogP contribution in [0.1, 0.15) is 29.4 Å². The van der Waals surface area contributed by atoms with Gasteiger partial charge in [-0.3, -0.25) is 9.69 Å². The molecule has 2 heterocycles. The molecule has 0 N–H and O–H groups in total. The third-order valence-electron chi connectivity index (χ3n) is 4.26. The van der Waals surface area contributed by atoms with E-state index < -0.39 is 17.3 Å². The zero-order chi connectivity index (χ0) is 23.5. The van der Waals surface area contributed by atoms with Crippen molar-refractivity contribution in [3.63, 3.8) is 0 Å². The summed E-state index contributed by atoms with van der Waals surface area (Å²) in [5.74, 6) is 0.400. The van der Waals surface area contributed by atoms with Crippen molar-refractivity contribution in [3.8, 4) is 11.8 Å². The van der Waals surface area contributed by atoms with Crippen molar-refractivity contribution in [2.45, 2.75) is 30.8 Å². The van der Waals surface area contributed by atoms with Crippen LogP contribution in [-0.2, 0) is 16.7 Å². The van der Waals surface area contributed by atoms with Gasteiger partial charge < -0.3 is 4.74 Å². The number of aryl methyl sites for hydroxylation is 1. The summed E-state index contributed by atoms with van der Waals surface area (Å²) in [6.45, 7) is 2.84. The number of carbonyl (C=O) groups is 1. The first-order valence-electron chi connectivity index (χ1n) is 9.15. The van der Waals surface area contributed by atoms with Crippen molar-refractivity contribution in [1.29, 1.82) is 5.26 Å². The molecule has 0 radical (unpaired) electrons. The van der Waals surface area contributed by atoms with E-state index >= 15 is 0 Å². The van der Waals surface area contributed by atoms with Gasteiger partial charge in [0.2, 0.25) is 5.91 Å². The van der Waals surface area contributed by atoms with E-state index in [0.29, 0.717) is 22.3 Å². The van der Waals surface area contributed by atoms with Crippen molar-refractivity contribution in [2.75, 3.05) is 12.0 Å². The Morgan fingerprint density at radius 1 is 1.31 bits per heavy atom. The number of hydrogen-bond donors (Lipinski definition) is 0. The predicted octanol–water partition coefficient (Wildman–Crippen LogP) is 5.72. The monoisotopic (exact) mass is 478 g/mol. The average Bonchev–Trinajstić information content (AvgIpc) is 3.19. The highest BCUT2D eigenvalue weighted by Crippen LogP contribution is 2.38. The maximum Gasteiger partial charge on any atom is 0.417 e. The quantitative estimate of drug-likeness (QED) is 0.422. The Morgan fingerprint density at radius 2 is 2.03 bits per heavy atom. The Balaban J connectivity index is 1.88. The van der Waals surface area contributed by atoms with Crippen LogP contribution in [0.15, 0.2) is 40.7 Å². The molecule has 11 heteroatoms. The van der Waals surface area contributed by atoms with Crippen LogP contribution in [0.3, 0.4) is 0 Å². The van der Waals surface area contributed by atoms with Gasteiger partial charge in [-0.05, 0) is 25.1 Å². The maximum atomic E-state index is 13.3. The summed E-state index contributed by atoms with van der Waals surface area (Å²) < 4.78 is 45.2. The fraction of sp³-hybridized carbons (Fsp3) is 0.238. The lowest BCUT2D eigenvalue weighted by atomic mass is 10.1. The van der Waals surface area contributed by atoms with Gasteiger partial charge >= 0.3 is 6.18 Å². The zero-order valence-electron chi connectivity index (χ0n) is 17.2. The Morgan fingerprint density at radius 3 is 2.66 bits per heavy atom. The Hall–Kier alpha value is -3.10. The number of methoxy groups -OCH3 is 1. The van der Waals surface area contributed by atoms with E-state index in [1.54, 1.807) is 35.7 Å². The van der Waals surface area contributed by atoms with Crippen LogP contribution in [0.4, 0.5) is 24.0 Å². The normalized spacial score (nSPS) is 11.2. The second-order valence-corrected chi connectivity index (χ2v) is 8.34. The number of thiazole rings is 1. The van der Waals surface area contributed by atoms with Gasteiger partial charge in [0.05, 0.1) is 29.6 Å². The minimum Gasteiger partial charge on any atom is -0.495 e. The molecule has 166 valence electrons. The number of ether oxygens (including phenoxy) is 1. The molecular formula is C21H17F3N4O2S2. The summed E-state index contributed by atoms with van der Waals surface area (Å²) in [5, 5.41) is 11.4. The van der Waals surface area contributed by atoms with Crippen LogP contribution in [0.2, 0.25) is 0 Å². The molecule has 32 heavy (non-hydrogen) atoms. The SMILES string of the molecule is COc1ccccc1N(C(C)=O)c1nc(CSc2nc(C)cc(C(F)(F)F)c2C#N)cs1. The fourth-order valence-corrected chi connectivity index (χ4v) is 4.84. The molecule has 0 unspecified atom stereocenters. The van der Waals surface area contributed by atoms with Crippen molar-refractivity contribution < 1.29 is 22.7 Å². The zero-order valence-corrected chi connectivity index (χ0v) is 18.9. The first kappa shape index (κ1) is 23.6. The van der Waals surface area contributed by atoms with E-state index in [0.717, 1.165) is 17.8 Å². The molecule has 1 amide bonds. The molecule has 1 aromatic carbocycles. The molecule has 0 aliphatic carbocycles. The lowest BCUT2D eigenvalue weighted by Crippen LogP contribution is -2.23. The van der Waals surface area contributed by atoms with Gasteiger partial charge in [0, 0.05) is 23.8 Å². The number of benzene rings is 1. The van der Waals surface area contributed by atoms with Gasteiger partial charge in [0.25, 0.3) is 0 Å². The van der Waals surface area contributed by atoms with Gasteiger partial charge in [-0.25, -0.2) is 9.97 Å². The van der Waals surface area contributed by atoms with Gasteiger partial charge in [-0.2, -0.15) is 18.4 Å². The minimum atomic E-state index is -4.65.